The van der Waals surface area contributed by atoms with Crippen molar-refractivity contribution in [3.05, 3.63) is 23.8 Å². The van der Waals surface area contributed by atoms with Crippen molar-refractivity contribution in [2.75, 3.05) is 27.3 Å². The zero-order valence-corrected chi connectivity index (χ0v) is 18.3. The minimum absolute atomic E-state index is 0.0353. The third-order valence-electron chi connectivity index (χ3n) is 6.85. The van der Waals surface area contributed by atoms with Gasteiger partial charge in [0.05, 0.1) is 20.3 Å². The maximum atomic E-state index is 13.0. The molecule has 2 heterocycles. The number of amides is 4. The molecule has 1 aromatic rings. The molecule has 0 bridgehead atoms. The number of hydrogen-bond donors (Lipinski definition) is 1. The van der Waals surface area contributed by atoms with Crippen LogP contribution in [0.1, 0.15) is 63.0 Å². The molecule has 1 N–H and O–H groups in total. The summed E-state index contributed by atoms with van der Waals surface area (Å²) in [5, 5.41) is 2.89. The van der Waals surface area contributed by atoms with Crippen molar-refractivity contribution in [3.63, 3.8) is 0 Å². The van der Waals surface area contributed by atoms with Gasteiger partial charge >= 0.3 is 6.03 Å². The summed E-state index contributed by atoms with van der Waals surface area (Å²) in [7, 11) is 3.23. The van der Waals surface area contributed by atoms with Gasteiger partial charge in [-0.25, -0.2) is 4.79 Å². The molecule has 2 saturated heterocycles. The van der Waals surface area contributed by atoms with Crippen LogP contribution < -0.4 is 14.8 Å². The lowest BCUT2D eigenvalue weighted by molar-refractivity contribution is -0.134. The minimum Gasteiger partial charge on any atom is -0.497 e. The summed E-state index contributed by atoms with van der Waals surface area (Å²) in [5.41, 5.74) is 0.290. The van der Waals surface area contributed by atoms with Gasteiger partial charge < -0.3 is 19.7 Å². The van der Waals surface area contributed by atoms with E-state index in [2.05, 4.69) is 5.32 Å². The number of rotatable bonds is 7. The third-order valence-corrected chi connectivity index (χ3v) is 6.85. The second-order valence-corrected chi connectivity index (χ2v) is 8.63. The lowest BCUT2D eigenvalue weighted by Crippen LogP contribution is -2.44. The number of nitrogens with one attached hydrogen (secondary N) is 1. The first kappa shape index (κ1) is 21.5. The molecule has 0 aromatic heterocycles. The van der Waals surface area contributed by atoms with Gasteiger partial charge in [0.2, 0.25) is 5.91 Å². The first-order chi connectivity index (χ1) is 15.0. The number of methoxy groups -OCH3 is 2. The molecule has 168 valence electrons. The highest BCUT2D eigenvalue weighted by Crippen LogP contribution is 2.39. The Morgan fingerprint density at radius 2 is 1.94 bits per heavy atom. The zero-order chi connectivity index (χ0) is 22.0. The Morgan fingerprint density at radius 3 is 2.65 bits per heavy atom. The van der Waals surface area contributed by atoms with E-state index in [0.717, 1.165) is 31.2 Å². The van der Waals surface area contributed by atoms with E-state index in [9.17, 15) is 14.4 Å². The zero-order valence-electron chi connectivity index (χ0n) is 18.3. The predicted molar refractivity (Wildman–Crippen MR) is 114 cm³/mol. The standard InChI is InChI=1S/C23H31N3O5/c1-30-16-9-10-17(19(15-16)31-2)18-7-5-13-25(18)20(27)8-6-14-26-21(28)23(24-22(26)29)11-3-4-12-23/h9-10,15,18H,3-8,11-14H2,1-2H3,(H,24,29)/t18-/m1/s1. The molecule has 4 amide bonds. The Kier molecular flexibility index (Phi) is 6.07. The molecule has 1 spiro atoms. The predicted octanol–water partition coefficient (Wildman–Crippen LogP) is 3.01. The van der Waals surface area contributed by atoms with Crippen LogP contribution in [0.2, 0.25) is 0 Å². The maximum Gasteiger partial charge on any atom is 0.325 e. The Hall–Kier alpha value is -2.77. The van der Waals surface area contributed by atoms with Crippen molar-refractivity contribution in [3.8, 4) is 11.5 Å². The number of ether oxygens (including phenoxy) is 2. The monoisotopic (exact) mass is 429 g/mol. The maximum absolute atomic E-state index is 13.0. The number of nitrogens with zero attached hydrogens (tertiary/aromatic N) is 2. The van der Waals surface area contributed by atoms with Crippen molar-refractivity contribution in [2.24, 2.45) is 0 Å². The van der Waals surface area contributed by atoms with Gasteiger partial charge in [0.15, 0.2) is 0 Å². The number of carbonyl (C=O) groups is 3. The number of carbonyl (C=O) groups excluding carboxylic acids is 3. The van der Waals surface area contributed by atoms with E-state index in [0.29, 0.717) is 43.7 Å². The number of likely N-dealkylation sites (tertiary alicyclic amines) is 1. The second kappa shape index (κ2) is 8.77. The van der Waals surface area contributed by atoms with Crippen LogP contribution in [0.15, 0.2) is 18.2 Å². The summed E-state index contributed by atoms with van der Waals surface area (Å²) in [4.78, 5) is 41.3. The molecule has 1 aromatic carbocycles. The summed E-state index contributed by atoms with van der Waals surface area (Å²) < 4.78 is 10.8. The SMILES string of the molecule is COc1ccc([C@H]2CCCN2C(=O)CCCN2C(=O)NC3(CCCC3)C2=O)c(OC)c1. The van der Waals surface area contributed by atoms with Crippen molar-refractivity contribution in [1.29, 1.82) is 0 Å². The molecule has 2 aliphatic heterocycles. The molecule has 1 saturated carbocycles. The summed E-state index contributed by atoms with van der Waals surface area (Å²) in [6.07, 6.45) is 5.94. The van der Waals surface area contributed by atoms with Gasteiger partial charge in [-0.05, 0) is 44.2 Å². The van der Waals surface area contributed by atoms with Crippen LogP contribution in [0, 0.1) is 0 Å². The van der Waals surface area contributed by atoms with Gasteiger partial charge in [0.25, 0.3) is 5.91 Å². The van der Waals surface area contributed by atoms with Gasteiger partial charge in [-0.3, -0.25) is 14.5 Å². The molecular formula is C23H31N3O5. The third kappa shape index (κ3) is 3.95. The van der Waals surface area contributed by atoms with Crippen LogP contribution in [0.3, 0.4) is 0 Å². The van der Waals surface area contributed by atoms with Gasteiger partial charge in [-0.2, -0.15) is 0 Å². The first-order valence-corrected chi connectivity index (χ1v) is 11.1. The first-order valence-electron chi connectivity index (χ1n) is 11.1. The van der Waals surface area contributed by atoms with Crippen molar-refractivity contribution < 1.29 is 23.9 Å². The van der Waals surface area contributed by atoms with Crippen LogP contribution in [0.5, 0.6) is 11.5 Å². The van der Waals surface area contributed by atoms with E-state index in [1.165, 1.54) is 4.90 Å². The Morgan fingerprint density at radius 1 is 1.16 bits per heavy atom. The fourth-order valence-corrected chi connectivity index (χ4v) is 5.21. The Balaban J connectivity index is 1.36. The van der Waals surface area contributed by atoms with Crippen LogP contribution in [0.4, 0.5) is 4.79 Å². The molecule has 3 fully saturated rings. The molecule has 8 nitrogen and oxygen atoms in total. The van der Waals surface area contributed by atoms with Crippen molar-refractivity contribution in [1.82, 2.24) is 15.1 Å². The Bertz CT molecular complexity index is 865. The van der Waals surface area contributed by atoms with E-state index in [1.54, 1.807) is 14.2 Å². The van der Waals surface area contributed by atoms with Gasteiger partial charge in [0.1, 0.15) is 17.0 Å². The summed E-state index contributed by atoms with van der Waals surface area (Å²) in [5.74, 6) is 1.35. The largest absolute Gasteiger partial charge is 0.497 e. The smallest absolute Gasteiger partial charge is 0.325 e. The lowest BCUT2D eigenvalue weighted by Gasteiger charge is -2.27. The van der Waals surface area contributed by atoms with Crippen LogP contribution >= 0.6 is 0 Å². The fraction of sp³-hybridized carbons (Fsp3) is 0.609. The van der Waals surface area contributed by atoms with Crippen LogP contribution in [0.25, 0.3) is 0 Å². The van der Waals surface area contributed by atoms with E-state index in [4.69, 9.17) is 9.47 Å². The highest BCUT2D eigenvalue weighted by Gasteiger charge is 2.52. The summed E-state index contributed by atoms with van der Waals surface area (Å²) in [6, 6.07) is 5.33. The number of benzene rings is 1. The molecular weight excluding hydrogens is 398 g/mol. The molecule has 1 aliphatic carbocycles. The molecule has 8 heteroatoms. The van der Waals surface area contributed by atoms with E-state index in [-0.39, 0.29) is 30.4 Å². The molecule has 31 heavy (non-hydrogen) atoms. The molecule has 3 aliphatic rings. The average Bonchev–Trinajstić information content (AvgIpc) is 3.50. The lowest BCUT2D eigenvalue weighted by atomic mass is 9.98. The highest BCUT2D eigenvalue weighted by atomic mass is 16.5. The van der Waals surface area contributed by atoms with Crippen LogP contribution in [-0.2, 0) is 9.59 Å². The fourth-order valence-electron chi connectivity index (χ4n) is 5.21. The quantitative estimate of drug-likeness (QED) is 0.673. The number of urea groups is 1. The summed E-state index contributed by atoms with van der Waals surface area (Å²) in [6.45, 7) is 0.980. The van der Waals surface area contributed by atoms with Crippen molar-refractivity contribution in [2.45, 2.75) is 62.9 Å². The van der Waals surface area contributed by atoms with Gasteiger partial charge in [-0.1, -0.05) is 12.8 Å². The van der Waals surface area contributed by atoms with E-state index in [1.807, 2.05) is 23.1 Å². The van der Waals surface area contributed by atoms with Crippen LogP contribution in [-0.4, -0.2) is 60.5 Å². The topological polar surface area (TPSA) is 88.2 Å². The van der Waals surface area contributed by atoms with Gasteiger partial charge in [-0.15, -0.1) is 0 Å². The molecule has 0 radical (unpaired) electrons. The van der Waals surface area contributed by atoms with E-state index < -0.39 is 5.54 Å². The molecule has 1 atom stereocenters. The number of hydrogen-bond acceptors (Lipinski definition) is 5. The second-order valence-electron chi connectivity index (χ2n) is 8.63. The number of imide groups is 1. The summed E-state index contributed by atoms with van der Waals surface area (Å²) >= 11 is 0. The van der Waals surface area contributed by atoms with E-state index >= 15 is 0 Å². The Labute approximate surface area is 182 Å². The minimum atomic E-state index is -0.688. The van der Waals surface area contributed by atoms with Gasteiger partial charge in [0, 0.05) is 31.1 Å². The average molecular weight is 430 g/mol. The molecule has 0 unspecified atom stereocenters. The highest BCUT2D eigenvalue weighted by molar-refractivity contribution is 6.07. The van der Waals surface area contributed by atoms with Crippen molar-refractivity contribution >= 4 is 17.8 Å². The normalized spacial score (nSPS) is 22.3. The molecule has 4 rings (SSSR count).